The second-order valence-electron chi connectivity index (χ2n) is 4.78. The first kappa shape index (κ1) is 15.0. The Kier molecular flexibility index (Phi) is 4.46. The monoisotopic (exact) mass is 314 g/mol. The highest BCUT2D eigenvalue weighted by Gasteiger charge is 2.17. The summed E-state index contributed by atoms with van der Waals surface area (Å²) in [5.74, 6) is 0. The highest BCUT2D eigenvalue weighted by atomic mass is 32.2. The number of nitrogens with zero attached hydrogens (tertiary/aromatic N) is 1. The minimum Gasteiger partial charge on any atom is -0.363 e. The van der Waals surface area contributed by atoms with Gasteiger partial charge in [-0.1, -0.05) is 13.8 Å². The van der Waals surface area contributed by atoms with Crippen molar-refractivity contribution in [2.24, 2.45) is 0 Å². The molecule has 0 unspecified atom stereocenters. The van der Waals surface area contributed by atoms with Crippen LogP contribution in [0, 0.1) is 6.92 Å². The molecule has 0 fully saturated rings. The largest absolute Gasteiger partial charge is 0.363 e. The average Bonchev–Trinajstić information content (AvgIpc) is 2.95. The van der Waals surface area contributed by atoms with Gasteiger partial charge < -0.3 is 10.3 Å². The van der Waals surface area contributed by atoms with Crippen molar-refractivity contribution in [1.82, 2.24) is 15.3 Å². The molecule has 0 amide bonds. The summed E-state index contributed by atoms with van der Waals surface area (Å²) in [6.45, 7) is 6.55. The Hall–Kier alpha value is -1.38. The Bertz CT molecular complexity index is 673. The minimum absolute atomic E-state index is 0.214. The van der Waals surface area contributed by atoms with Gasteiger partial charge in [0, 0.05) is 35.6 Å². The van der Waals surface area contributed by atoms with Crippen molar-refractivity contribution in [2.75, 3.05) is 4.72 Å². The van der Waals surface area contributed by atoms with E-state index in [4.69, 9.17) is 0 Å². The lowest BCUT2D eigenvalue weighted by molar-refractivity contribution is 0.582. The third-order valence-electron chi connectivity index (χ3n) is 2.57. The van der Waals surface area contributed by atoms with Crippen molar-refractivity contribution in [2.45, 2.75) is 38.3 Å². The lowest BCUT2D eigenvalue weighted by Crippen LogP contribution is -2.21. The summed E-state index contributed by atoms with van der Waals surface area (Å²) in [5, 5.41) is 3.60. The Labute approximate surface area is 122 Å². The van der Waals surface area contributed by atoms with Crippen molar-refractivity contribution >= 4 is 26.5 Å². The molecule has 8 heteroatoms. The Morgan fingerprint density at radius 3 is 2.80 bits per heavy atom. The number of hydrogen-bond acceptors (Lipinski definition) is 5. The molecule has 0 radical (unpaired) electrons. The van der Waals surface area contributed by atoms with E-state index in [0.717, 1.165) is 10.6 Å². The topological polar surface area (TPSA) is 86.9 Å². The summed E-state index contributed by atoms with van der Waals surface area (Å²) in [4.78, 5) is 8.13. The van der Waals surface area contributed by atoms with Gasteiger partial charge in [0.1, 0.15) is 4.90 Å². The highest BCUT2D eigenvalue weighted by molar-refractivity contribution is 7.93. The summed E-state index contributed by atoms with van der Waals surface area (Å²) in [6, 6.07) is 1.97. The molecule has 2 heterocycles. The van der Waals surface area contributed by atoms with Gasteiger partial charge in [-0.05, 0) is 13.0 Å². The van der Waals surface area contributed by atoms with Gasteiger partial charge in [-0.3, -0.25) is 4.72 Å². The van der Waals surface area contributed by atoms with Crippen LogP contribution in [0.15, 0.2) is 23.4 Å². The van der Waals surface area contributed by atoms with Crippen LogP contribution in [0.25, 0.3) is 0 Å². The summed E-state index contributed by atoms with van der Waals surface area (Å²) in [6.07, 6.45) is 3.12. The minimum atomic E-state index is -3.58. The van der Waals surface area contributed by atoms with Crippen LogP contribution in [0.5, 0.6) is 0 Å². The zero-order valence-corrected chi connectivity index (χ0v) is 13.2. The molecule has 0 saturated carbocycles. The van der Waals surface area contributed by atoms with E-state index < -0.39 is 10.0 Å². The zero-order chi connectivity index (χ0) is 14.8. The second kappa shape index (κ2) is 5.94. The van der Waals surface area contributed by atoms with Crippen LogP contribution in [0.4, 0.5) is 5.13 Å². The van der Waals surface area contributed by atoms with Crippen LogP contribution in [-0.2, 0) is 16.6 Å². The van der Waals surface area contributed by atoms with Crippen LogP contribution in [-0.4, -0.2) is 24.4 Å². The predicted molar refractivity (Wildman–Crippen MR) is 80.4 cm³/mol. The molecule has 0 aliphatic heterocycles. The molecule has 20 heavy (non-hydrogen) atoms. The molecule has 0 atom stereocenters. The molecule has 110 valence electrons. The van der Waals surface area contributed by atoms with E-state index in [0.29, 0.717) is 17.7 Å². The number of aromatic nitrogens is 2. The fourth-order valence-corrected chi connectivity index (χ4v) is 3.49. The van der Waals surface area contributed by atoms with Crippen LogP contribution >= 0.6 is 11.3 Å². The molecule has 0 aromatic carbocycles. The van der Waals surface area contributed by atoms with E-state index in [1.807, 2.05) is 20.8 Å². The zero-order valence-electron chi connectivity index (χ0n) is 11.6. The smallest absolute Gasteiger partial charge is 0.265 e. The first-order chi connectivity index (χ1) is 9.37. The van der Waals surface area contributed by atoms with Gasteiger partial charge in [-0.2, -0.15) is 0 Å². The van der Waals surface area contributed by atoms with E-state index in [9.17, 15) is 8.42 Å². The standard InChI is InChI=1S/C12H18N4O2S2/c1-8(2)13-6-10-4-11(7-14-10)20(17,18)16-12-15-5-9(3)19-12/h4-5,7-8,13-14H,6H2,1-3H3,(H,15,16). The Balaban J connectivity index is 2.09. The van der Waals surface area contributed by atoms with Crippen LogP contribution in [0.1, 0.15) is 24.4 Å². The number of anilines is 1. The molecule has 2 aromatic heterocycles. The van der Waals surface area contributed by atoms with Gasteiger partial charge in [0.25, 0.3) is 10.0 Å². The molecule has 0 saturated heterocycles. The van der Waals surface area contributed by atoms with Gasteiger partial charge in [-0.25, -0.2) is 13.4 Å². The molecule has 0 aliphatic rings. The molecule has 0 aliphatic carbocycles. The maximum absolute atomic E-state index is 12.2. The van der Waals surface area contributed by atoms with Crippen molar-refractivity contribution in [1.29, 1.82) is 0 Å². The van der Waals surface area contributed by atoms with Crippen LogP contribution in [0.2, 0.25) is 0 Å². The number of aromatic amines is 1. The number of sulfonamides is 1. The second-order valence-corrected chi connectivity index (χ2v) is 7.69. The summed E-state index contributed by atoms with van der Waals surface area (Å²) >= 11 is 1.31. The number of nitrogens with one attached hydrogen (secondary N) is 3. The molecule has 2 rings (SSSR count). The molecule has 0 bridgehead atoms. The Morgan fingerprint density at radius 2 is 2.20 bits per heavy atom. The van der Waals surface area contributed by atoms with Crippen molar-refractivity contribution in [3.63, 3.8) is 0 Å². The van der Waals surface area contributed by atoms with Gasteiger partial charge in [0.05, 0.1) is 0 Å². The maximum Gasteiger partial charge on any atom is 0.265 e. The van der Waals surface area contributed by atoms with Crippen molar-refractivity contribution in [3.05, 3.63) is 29.0 Å². The summed E-state index contributed by atoms with van der Waals surface area (Å²) in [7, 11) is -3.58. The predicted octanol–water partition coefficient (Wildman–Crippen LogP) is 2.08. The first-order valence-electron chi connectivity index (χ1n) is 6.23. The third kappa shape index (κ3) is 3.81. The number of H-pyrrole nitrogens is 1. The van der Waals surface area contributed by atoms with Crippen molar-refractivity contribution < 1.29 is 8.42 Å². The normalized spacial score (nSPS) is 12.0. The van der Waals surface area contributed by atoms with E-state index in [1.165, 1.54) is 17.5 Å². The number of rotatable bonds is 6. The fourth-order valence-electron chi connectivity index (χ4n) is 1.57. The molecular formula is C12H18N4O2S2. The molecule has 6 nitrogen and oxygen atoms in total. The van der Waals surface area contributed by atoms with Gasteiger partial charge >= 0.3 is 0 Å². The molecule has 0 spiro atoms. The van der Waals surface area contributed by atoms with E-state index in [1.54, 1.807) is 12.3 Å². The third-order valence-corrected chi connectivity index (χ3v) is 4.85. The van der Waals surface area contributed by atoms with Gasteiger partial charge in [-0.15, -0.1) is 11.3 Å². The quantitative estimate of drug-likeness (QED) is 0.762. The van der Waals surface area contributed by atoms with Crippen molar-refractivity contribution in [3.8, 4) is 0 Å². The lowest BCUT2D eigenvalue weighted by Gasteiger charge is -2.05. The van der Waals surface area contributed by atoms with E-state index in [-0.39, 0.29) is 4.90 Å². The van der Waals surface area contributed by atoms with Gasteiger partial charge in [0.2, 0.25) is 0 Å². The average molecular weight is 314 g/mol. The van der Waals surface area contributed by atoms with E-state index >= 15 is 0 Å². The highest BCUT2D eigenvalue weighted by Crippen LogP contribution is 2.21. The fraction of sp³-hybridized carbons (Fsp3) is 0.417. The number of hydrogen-bond donors (Lipinski definition) is 3. The Morgan fingerprint density at radius 1 is 1.45 bits per heavy atom. The molecular weight excluding hydrogens is 296 g/mol. The maximum atomic E-state index is 12.2. The van der Waals surface area contributed by atoms with E-state index in [2.05, 4.69) is 20.0 Å². The summed E-state index contributed by atoms with van der Waals surface area (Å²) in [5.41, 5.74) is 0.828. The lowest BCUT2D eigenvalue weighted by atomic mass is 10.3. The van der Waals surface area contributed by atoms with Crippen LogP contribution in [0.3, 0.4) is 0 Å². The first-order valence-corrected chi connectivity index (χ1v) is 8.53. The SMILES string of the molecule is Cc1cnc(NS(=O)(=O)c2c[nH]c(CNC(C)C)c2)s1. The molecule has 2 aromatic rings. The van der Waals surface area contributed by atoms with Gasteiger partial charge in [0.15, 0.2) is 5.13 Å². The number of aryl methyl sites for hydroxylation is 1. The van der Waals surface area contributed by atoms with Crippen LogP contribution < -0.4 is 10.0 Å². The number of thiazole rings is 1. The molecule has 3 N–H and O–H groups in total. The summed E-state index contributed by atoms with van der Waals surface area (Å²) < 4.78 is 26.8.